The first kappa shape index (κ1) is 16.4. The van der Waals surface area contributed by atoms with Crippen LogP contribution in [0.3, 0.4) is 0 Å². The summed E-state index contributed by atoms with van der Waals surface area (Å²) in [5, 5.41) is 28.4. The second-order valence-corrected chi connectivity index (χ2v) is 5.42. The number of aromatic carboxylic acids is 1. The van der Waals surface area contributed by atoms with Crippen LogP contribution in [-0.2, 0) is 4.79 Å². The van der Waals surface area contributed by atoms with Gasteiger partial charge in [0.25, 0.3) is 0 Å². The van der Waals surface area contributed by atoms with Gasteiger partial charge in [0.1, 0.15) is 6.10 Å². The predicted octanol–water partition coefficient (Wildman–Crippen LogP) is 0.426. The number of hydrogen-bond donors (Lipinski definition) is 4. The standard InChI is InChI=1S/C12H16N2O5S/c1-6(15)20-3-2-9(16)11(17)7-4-8(13)10(12(18)19)14-5-7/h4-5,9,11,16-17H,2-3,13H2,1H3,(H,18,19). The summed E-state index contributed by atoms with van der Waals surface area (Å²) >= 11 is 1.05. The van der Waals surface area contributed by atoms with Crippen LogP contribution < -0.4 is 5.73 Å². The Morgan fingerprint density at radius 3 is 2.60 bits per heavy atom. The Morgan fingerprint density at radius 1 is 1.45 bits per heavy atom. The van der Waals surface area contributed by atoms with Gasteiger partial charge < -0.3 is 21.1 Å². The number of hydrogen-bond acceptors (Lipinski definition) is 7. The molecular formula is C12H16N2O5S. The number of aliphatic hydroxyl groups excluding tert-OH is 2. The highest BCUT2D eigenvalue weighted by atomic mass is 32.2. The fourth-order valence-electron chi connectivity index (χ4n) is 1.54. The number of anilines is 1. The number of pyridine rings is 1. The molecule has 0 aliphatic carbocycles. The summed E-state index contributed by atoms with van der Waals surface area (Å²) in [6.45, 7) is 1.42. The van der Waals surface area contributed by atoms with Crippen LogP contribution in [-0.4, -0.2) is 43.2 Å². The fraction of sp³-hybridized carbons (Fsp3) is 0.417. The average molecular weight is 300 g/mol. The Balaban J connectivity index is 2.71. The molecule has 2 atom stereocenters. The van der Waals surface area contributed by atoms with E-state index in [2.05, 4.69) is 4.98 Å². The first-order valence-corrected chi connectivity index (χ1v) is 6.79. The topological polar surface area (TPSA) is 134 Å². The van der Waals surface area contributed by atoms with Crippen LogP contribution >= 0.6 is 11.8 Å². The summed E-state index contributed by atoms with van der Waals surface area (Å²) in [6.07, 6.45) is -0.948. The molecule has 0 aromatic carbocycles. The van der Waals surface area contributed by atoms with Crippen LogP contribution in [0.5, 0.6) is 0 Å². The zero-order valence-electron chi connectivity index (χ0n) is 10.8. The molecule has 0 spiro atoms. The molecule has 1 aromatic heterocycles. The lowest BCUT2D eigenvalue weighted by Crippen LogP contribution is -2.20. The van der Waals surface area contributed by atoms with Crippen molar-refractivity contribution in [1.82, 2.24) is 4.98 Å². The van der Waals surface area contributed by atoms with Crippen molar-refractivity contribution in [3.05, 3.63) is 23.5 Å². The maximum atomic E-state index is 10.8. The Bertz CT molecular complexity index is 509. The van der Waals surface area contributed by atoms with E-state index in [1.165, 1.54) is 13.0 Å². The molecule has 1 rings (SSSR count). The molecule has 0 aliphatic rings. The summed E-state index contributed by atoms with van der Waals surface area (Å²) in [6, 6.07) is 1.27. The summed E-state index contributed by atoms with van der Waals surface area (Å²) in [4.78, 5) is 25.1. The molecule has 20 heavy (non-hydrogen) atoms. The van der Waals surface area contributed by atoms with Gasteiger partial charge in [-0.15, -0.1) is 0 Å². The van der Waals surface area contributed by atoms with Crippen LogP contribution in [0.15, 0.2) is 12.3 Å². The van der Waals surface area contributed by atoms with E-state index < -0.39 is 18.2 Å². The number of carbonyl (C=O) groups is 2. The molecule has 1 heterocycles. The highest BCUT2D eigenvalue weighted by Crippen LogP contribution is 2.22. The minimum atomic E-state index is -1.26. The van der Waals surface area contributed by atoms with E-state index in [-0.39, 0.29) is 28.5 Å². The minimum absolute atomic E-state index is 0.0663. The van der Waals surface area contributed by atoms with Gasteiger partial charge in [0.2, 0.25) is 0 Å². The number of nitrogens with two attached hydrogens (primary N) is 1. The van der Waals surface area contributed by atoms with Gasteiger partial charge in [0.05, 0.1) is 11.8 Å². The Labute approximate surface area is 119 Å². The molecule has 0 fully saturated rings. The first-order chi connectivity index (χ1) is 9.32. The molecule has 0 aliphatic heterocycles. The molecule has 0 bridgehead atoms. The lowest BCUT2D eigenvalue weighted by molar-refractivity contribution is -0.109. The van der Waals surface area contributed by atoms with Crippen molar-refractivity contribution in [3.63, 3.8) is 0 Å². The molecule has 0 radical (unpaired) electrons. The van der Waals surface area contributed by atoms with Crippen molar-refractivity contribution >= 4 is 28.5 Å². The molecule has 7 nitrogen and oxygen atoms in total. The van der Waals surface area contributed by atoms with Crippen molar-refractivity contribution in [3.8, 4) is 0 Å². The number of nitrogen functional groups attached to an aromatic ring is 1. The summed E-state index contributed by atoms with van der Waals surface area (Å²) < 4.78 is 0. The number of rotatable bonds is 6. The molecule has 5 N–H and O–H groups in total. The Morgan fingerprint density at radius 2 is 2.10 bits per heavy atom. The average Bonchev–Trinajstić information content (AvgIpc) is 2.36. The number of carbonyl (C=O) groups excluding carboxylic acids is 1. The smallest absolute Gasteiger partial charge is 0.356 e. The molecule has 0 saturated carbocycles. The van der Waals surface area contributed by atoms with E-state index in [1.54, 1.807) is 0 Å². The Hall–Kier alpha value is -1.64. The number of thioether (sulfide) groups is 1. The third kappa shape index (κ3) is 4.48. The van der Waals surface area contributed by atoms with Crippen molar-refractivity contribution in [2.45, 2.75) is 25.6 Å². The van der Waals surface area contributed by atoms with Crippen molar-refractivity contribution in [2.24, 2.45) is 0 Å². The highest BCUT2D eigenvalue weighted by molar-refractivity contribution is 8.13. The van der Waals surface area contributed by atoms with Gasteiger partial charge in [0.15, 0.2) is 10.8 Å². The molecular weight excluding hydrogens is 284 g/mol. The normalized spacial score (nSPS) is 13.8. The van der Waals surface area contributed by atoms with E-state index in [0.717, 1.165) is 18.0 Å². The molecule has 2 unspecified atom stereocenters. The summed E-state index contributed by atoms with van der Waals surface area (Å²) in [5.74, 6) is -0.883. The Kier molecular flexibility index (Phi) is 5.93. The van der Waals surface area contributed by atoms with Gasteiger partial charge in [-0.25, -0.2) is 9.78 Å². The largest absolute Gasteiger partial charge is 0.476 e. The van der Waals surface area contributed by atoms with Gasteiger partial charge in [-0.05, 0) is 12.5 Å². The predicted molar refractivity (Wildman–Crippen MR) is 74.3 cm³/mol. The van der Waals surface area contributed by atoms with Crippen molar-refractivity contribution < 1.29 is 24.9 Å². The molecule has 0 amide bonds. The van der Waals surface area contributed by atoms with Crippen LogP contribution in [0.25, 0.3) is 0 Å². The number of carboxylic acid groups (broad SMARTS) is 1. The quantitative estimate of drug-likeness (QED) is 0.594. The second kappa shape index (κ2) is 7.22. The minimum Gasteiger partial charge on any atom is -0.476 e. The van der Waals surface area contributed by atoms with Crippen molar-refractivity contribution in [2.75, 3.05) is 11.5 Å². The van der Waals surface area contributed by atoms with Gasteiger partial charge in [-0.1, -0.05) is 11.8 Å². The number of aromatic nitrogens is 1. The third-order valence-corrected chi connectivity index (χ3v) is 3.41. The fourth-order valence-corrected chi connectivity index (χ4v) is 2.19. The number of carboxylic acids is 1. The van der Waals surface area contributed by atoms with E-state index >= 15 is 0 Å². The van der Waals surface area contributed by atoms with E-state index in [9.17, 15) is 19.8 Å². The lowest BCUT2D eigenvalue weighted by Gasteiger charge is -2.18. The second-order valence-electron chi connectivity index (χ2n) is 4.15. The number of aliphatic hydroxyl groups is 2. The first-order valence-electron chi connectivity index (χ1n) is 5.81. The van der Waals surface area contributed by atoms with Crippen LogP contribution in [0.4, 0.5) is 5.69 Å². The monoisotopic (exact) mass is 300 g/mol. The maximum Gasteiger partial charge on any atom is 0.356 e. The maximum absolute atomic E-state index is 10.8. The van der Waals surface area contributed by atoms with Crippen molar-refractivity contribution in [1.29, 1.82) is 0 Å². The summed E-state index contributed by atoms with van der Waals surface area (Å²) in [5.41, 5.74) is 5.36. The molecule has 8 heteroatoms. The molecule has 0 saturated heterocycles. The van der Waals surface area contributed by atoms with E-state index in [1.807, 2.05) is 0 Å². The van der Waals surface area contributed by atoms with Gasteiger partial charge in [0, 0.05) is 24.4 Å². The zero-order valence-corrected chi connectivity index (χ0v) is 11.6. The third-order valence-electron chi connectivity index (χ3n) is 2.57. The number of nitrogens with zero attached hydrogens (tertiary/aromatic N) is 1. The molecule has 110 valence electrons. The van der Waals surface area contributed by atoms with Gasteiger partial charge >= 0.3 is 5.97 Å². The van der Waals surface area contributed by atoms with Gasteiger partial charge in [-0.2, -0.15) is 0 Å². The highest BCUT2D eigenvalue weighted by Gasteiger charge is 2.20. The van der Waals surface area contributed by atoms with E-state index in [0.29, 0.717) is 5.75 Å². The molecule has 1 aromatic rings. The summed E-state index contributed by atoms with van der Waals surface area (Å²) in [7, 11) is 0. The zero-order chi connectivity index (χ0) is 15.3. The van der Waals surface area contributed by atoms with Gasteiger partial charge in [-0.3, -0.25) is 4.79 Å². The van der Waals surface area contributed by atoms with Crippen LogP contribution in [0.1, 0.15) is 35.5 Å². The SMILES string of the molecule is CC(=O)SCCC(O)C(O)c1cnc(C(=O)O)c(N)c1. The van der Waals surface area contributed by atoms with Crippen LogP contribution in [0, 0.1) is 0 Å². The lowest BCUT2D eigenvalue weighted by atomic mass is 10.0. The van der Waals surface area contributed by atoms with E-state index in [4.69, 9.17) is 10.8 Å². The van der Waals surface area contributed by atoms with Crippen LogP contribution in [0.2, 0.25) is 0 Å².